The lowest BCUT2D eigenvalue weighted by Crippen LogP contribution is -2.38. The van der Waals surface area contributed by atoms with Crippen LogP contribution in [0, 0.1) is 5.41 Å². The monoisotopic (exact) mass is 495 g/mol. The summed E-state index contributed by atoms with van der Waals surface area (Å²) in [5.41, 5.74) is 3.77. The molecule has 1 heterocycles. The first kappa shape index (κ1) is 24.9. The van der Waals surface area contributed by atoms with Gasteiger partial charge in [0.25, 0.3) is 0 Å². The quantitative estimate of drug-likeness (QED) is 0.519. The number of phenols is 1. The Morgan fingerprint density at radius 1 is 1.20 bits per heavy atom. The van der Waals surface area contributed by atoms with Crippen molar-refractivity contribution in [2.45, 2.75) is 46.0 Å². The molecule has 0 saturated heterocycles. The van der Waals surface area contributed by atoms with Crippen LogP contribution in [0.15, 0.2) is 65.0 Å². The van der Waals surface area contributed by atoms with Gasteiger partial charge in [0.05, 0.1) is 24.3 Å². The molecule has 184 valence electrons. The van der Waals surface area contributed by atoms with Crippen molar-refractivity contribution in [3.05, 3.63) is 81.2 Å². The van der Waals surface area contributed by atoms with E-state index in [1.807, 2.05) is 37.3 Å². The molecular formula is C28H30ClNO5. The van der Waals surface area contributed by atoms with Gasteiger partial charge in [-0.15, -0.1) is 0 Å². The van der Waals surface area contributed by atoms with E-state index in [9.17, 15) is 14.7 Å². The van der Waals surface area contributed by atoms with Crippen molar-refractivity contribution in [1.82, 2.24) is 5.32 Å². The molecule has 6 nitrogen and oxygen atoms in total. The van der Waals surface area contributed by atoms with Crippen LogP contribution in [0.3, 0.4) is 0 Å². The van der Waals surface area contributed by atoms with Crippen molar-refractivity contribution in [2.75, 3.05) is 13.7 Å². The number of allylic oxidation sites excluding steroid dienone is 3. The lowest BCUT2D eigenvalue weighted by atomic mass is 9.68. The lowest BCUT2D eigenvalue weighted by molar-refractivity contribution is -0.139. The number of aromatic hydroxyl groups is 1. The van der Waals surface area contributed by atoms with E-state index in [-0.39, 0.29) is 34.3 Å². The van der Waals surface area contributed by atoms with Gasteiger partial charge in [0, 0.05) is 35.7 Å². The summed E-state index contributed by atoms with van der Waals surface area (Å²) in [6.07, 6.45) is 1.61. The molecule has 35 heavy (non-hydrogen) atoms. The van der Waals surface area contributed by atoms with E-state index in [4.69, 9.17) is 21.1 Å². The van der Waals surface area contributed by atoms with Crippen LogP contribution < -0.4 is 10.1 Å². The Balaban J connectivity index is 1.74. The highest BCUT2D eigenvalue weighted by Crippen LogP contribution is 2.48. The first-order valence-corrected chi connectivity index (χ1v) is 12.0. The minimum atomic E-state index is -0.689. The van der Waals surface area contributed by atoms with E-state index < -0.39 is 11.9 Å². The predicted molar refractivity (Wildman–Crippen MR) is 134 cm³/mol. The fourth-order valence-corrected chi connectivity index (χ4v) is 5.16. The number of carbonyl (C=O) groups excluding carboxylic acids is 2. The second-order valence-corrected chi connectivity index (χ2v) is 10.3. The normalized spacial score (nSPS) is 19.2. The van der Waals surface area contributed by atoms with Crippen LogP contribution in [0.4, 0.5) is 0 Å². The van der Waals surface area contributed by atoms with Crippen molar-refractivity contribution in [3.63, 3.8) is 0 Å². The zero-order chi connectivity index (χ0) is 25.3. The molecule has 2 N–H and O–H groups in total. The third-order valence-corrected chi connectivity index (χ3v) is 6.82. The highest BCUT2D eigenvalue weighted by Gasteiger charge is 2.43. The van der Waals surface area contributed by atoms with E-state index in [0.717, 1.165) is 11.3 Å². The maximum atomic E-state index is 13.4. The van der Waals surface area contributed by atoms with Gasteiger partial charge in [-0.05, 0) is 42.0 Å². The Labute approximate surface area is 210 Å². The van der Waals surface area contributed by atoms with E-state index in [1.54, 1.807) is 12.1 Å². The Hall–Kier alpha value is -3.25. The summed E-state index contributed by atoms with van der Waals surface area (Å²) >= 11 is 6.31. The number of methoxy groups -OCH3 is 1. The smallest absolute Gasteiger partial charge is 0.336 e. The molecule has 2 aromatic carbocycles. The number of hydrogen-bond acceptors (Lipinski definition) is 6. The van der Waals surface area contributed by atoms with Gasteiger partial charge < -0.3 is 19.9 Å². The molecule has 7 heteroatoms. The van der Waals surface area contributed by atoms with Crippen LogP contribution in [-0.4, -0.2) is 30.6 Å². The number of dihydropyridines is 1. The number of esters is 1. The van der Waals surface area contributed by atoms with E-state index in [0.29, 0.717) is 41.7 Å². The molecule has 0 spiro atoms. The fraction of sp³-hybridized carbons (Fsp3) is 0.357. The van der Waals surface area contributed by atoms with Gasteiger partial charge in [-0.3, -0.25) is 4.79 Å². The average Bonchev–Trinajstić information content (AvgIpc) is 2.79. The van der Waals surface area contributed by atoms with Crippen LogP contribution in [0.2, 0.25) is 5.02 Å². The Morgan fingerprint density at radius 3 is 2.60 bits per heavy atom. The largest absolute Gasteiger partial charge is 0.503 e. The van der Waals surface area contributed by atoms with Crippen molar-refractivity contribution in [2.24, 2.45) is 5.41 Å². The van der Waals surface area contributed by atoms with E-state index >= 15 is 0 Å². The second-order valence-electron chi connectivity index (χ2n) is 9.85. The summed E-state index contributed by atoms with van der Waals surface area (Å²) < 4.78 is 11.0. The topological polar surface area (TPSA) is 84.9 Å². The number of ketones is 1. The molecule has 4 rings (SSSR count). The number of rotatable bonds is 6. The van der Waals surface area contributed by atoms with Crippen LogP contribution >= 0.6 is 11.6 Å². The molecule has 1 unspecified atom stereocenters. The first-order valence-electron chi connectivity index (χ1n) is 11.6. The number of ether oxygens (including phenoxy) is 2. The van der Waals surface area contributed by atoms with Crippen molar-refractivity contribution >= 4 is 23.4 Å². The molecule has 1 atom stereocenters. The summed E-state index contributed by atoms with van der Waals surface area (Å²) in [5, 5.41) is 13.7. The molecule has 0 radical (unpaired) electrons. The van der Waals surface area contributed by atoms with Gasteiger partial charge in [0.2, 0.25) is 0 Å². The van der Waals surface area contributed by atoms with Gasteiger partial charge in [0.15, 0.2) is 17.3 Å². The minimum absolute atomic E-state index is 0.0287. The highest BCUT2D eigenvalue weighted by molar-refractivity contribution is 6.32. The molecule has 1 aliphatic carbocycles. The maximum Gasteiger partial charge on any atom is 0.336 e. The molecule has 0 bridgehead atoms. The molecule has 0 saturated carbocycles. The second kappa shape index (κ2) is 9.78. The molecule has 1 aliphatic heterocycles. The summed E-state index contributed by atoms with van der Waals surface area (Å²) in [4.78, 5) is 26.9. The molecule has 2 aliphatic rings. The number of hydrogen-bond donors (Lipinski definition) is 2. The van der Waals surface area contributed by atoms with Crippen LogP contribution in [-0.2, 0) is 20.7 Å². The summed E-state index contributed by atoms with van der Waals surface area (Å²) in [7, 11) is 1.43. The van der Waals surface area contributed by atoms with Crippen molar-refractivity contribution in [3.8, 4) is 11.5 Å². The highest BCUT2D eigenvalue weighted by atomic mass is 35.5. The molecular weight excluding hydrogens is 466 g/mol. The number of halogens is 1. The van der Waals surface area contributed by atoms with Gasteiger partial charge >= 0.3 is 5.97 Å². The molecule has 0 amide bonds. The van der Waals surface area contributed by atoms with Crippen molar-refractivity contribution < 1.29 is 24.2 Å². The van der Waals surface area contributed by atoms with Gasteiger partial charge in [0.1, 0.15) is 0 Å². The van der Waals surface area contributed by atoms with Gasteiger partial charge in [-0.2, -0.15) is 0 Å². The maximum absolute atomic E-state index is 13.4. The summed E-state index contributed by atoms with van der Waals surface area (Å²) in [5.74, 6) is -1.23. The third kappa shape index (κ3) is 5.08. The third-order valence-electron chi connectivity index (χ3n) is 6.53. The van der Waals surface area contributed by atoms with E-state index in [1.165, 1.54) is 7.11 Å². The lowest BCUT2D eigenvalue weighted by Gasteiger charge is -2.39. The van der Waals surface area contributed by atoms with Crippen molar-refractivity contribution in [1.29, 1.82) is 0 Å². The van der Waals surface area contributed by atoms with Gasteiger partial charge in [-0.25, -0.2) is 4.79 Å². The Morgan fingerprint density at radius 2 is 1.91 bits per heavy atom. The number of carbonyl (C=O) groups is 2. The van der Waals surface area contributed by atoms with Crippen LogP contribution in [0.1, 0.15) is 50.7 Å². The molecule has 2 aromatic rings. The van der Waals surface area contributed by atoms with E-state index in [2.05, 4.69) is 19.2 Å². The van der Waals surface area contributed by atoms with Crippen LogP contribution in [0.25, 0.3) is 0 Å². The Bertz CT molecular complexity index is 1230. The standard InChI is InChI=1S/C28H30ClNO5/c1-16-23(27(33)35-11-10-17-8-6-5-7-9-17)24(18-12-19(29)26(32)22(13-18)34-4)25-20(30-16)14-28(2,3)15-21(25)31/h5-9,12-13,24,30,32H,10-11,14-15H2,1-4H3. The first-order chi connectivity index (χ1) is 16.6. The molecule has 0 aromatic heterocycles. The SMILES string of the molecule is COc1cc(C2C(C(=O)OCCc3ccccc3)=C(C)NC3=C2C(=O)CC(C)(C)C3)cc(Cl)c1O. The predicted octanol–water partition coefficient (Wildman–Crippen LogP) is 5.44. The average molecular weight is 496 g/mol. The summed E-state index contributed by atoms with van der Waals surface area (Å²) in [6, 6.07) is 13.0. The summed E-state index contributed by atoms with van der Waals surface area (Å²) in [6.45, 7) is 6.13. The number of phenolic OH excluding ortho intramolecular Hbond substituents is 1. The minimum Gasteiger partial charge on any atom is -0.503 e. The van der Waals surface area contributed by atoms with Crippen LogP contribution in [0.5, 0.6) is 11.5 Å². The molecule has 0 fully saturated rings. The Kier molecular flexibility index (Phi) is 6.95. The fourth-order valence-electron chi connectivity index (χ4n) is 4.94. The zero-order valence-electron chi connectivity index (χ0n) is 20.4. The van der Waals surface area contributed by atoms with Gasteiger partial charge in [-0.1, -0.05) is 55.8 Å². The zero-order valence-corrected chi connectivity index (χ0v) is 21.2. The number of Topliss-reactive ketones (excluding diaryl/α,β-unsaturated/α-hetero) is 1. The number of nitrogens with one attached hydrogen (secondary N) is 1. The number of benzene rings is 2.